The molecule has 4 heteroatoms. The summed E-state index contributed by atoms with van der Waals surface area (Å²) in [5.41, 5.74) is 2.66. The molecule has 0 aromatic heterocycles. The third-order valence-electron chi connectivity index (χ3n) is 4.22. The number of likely N-dealkylation sites (N-methyl/N-ethyl adjacent to an activating group) is 1. The van der Waals surface area contributed by atoms with Crippen LogP contribution in [0, 0.1) is 0 Å². The van der Waals surface area contributed by atoms with Gasteiger partial charge in [0.2, 0.25) is 0 Å². The van der Waals surface area contributed by atoms with Gasteiger partial charge in [-0.05, 0) is 67.6 Å². The Morgan fingerprint density at radius 1 is 1.45 bits per heavy atom. The number of hydrogen-bond acceptors (Lipinski definition) is 3. The third-order valence-corrected chi connectivity index (χ3v) is 4.85. The molecule has 1 N–H and O–H groups in total. The summed E-state index contributed by atoms with van der Waals surface area (Å²) in [4.78, 5) is 4.81. The average Bonchev–Trinajstić information content (AvgIpc) is 2.88. The highest BCUT2D eigenvalue weighted by Crippen LogP contribution is 2.32. The van der Waals surface area contributed by atoms with Crippen LogP contribution >= 0.6 is 15.9 Å². The summed E-state index contributed by atoms with van der Waals surface area (Å²) in [5.74, 6) is 0. The molecule has 20 heavy (non-hydrogen) atoms. The zero-order valence-corrected chi connectivity index (χ0v) is 14.6. The Hall–Kier alpha value is -0.580. The van der Waals surface area contributed by atoms with Crippen LogP contribution in [-0.4, -0.2) is 44.7 Å². The first-order valence-corrected chi connectivity index (χ1v) is 8.26. The molecule has 112 valence electrons. The molecule has 1 heterocycles. The summed E-state index contributed by atoms with van der Waals surface area (Å²) in [6, 6.07) is 7.83. The van der Waals surface area contributed by atoms with Crippen molar-refractivity contribution in [3.63, 3.8) is 0 Å². The van der Waals surface area contributed by atoms with Crippen molar-refractivity contribution in [1.29, 1.82) is 0 Å². The van der Waals surface area contributed by atoms with Crippen LogP contribution in [0.25, 0.3) is 0 Å². The van der Waals surface area contributed by atoms with Crippen LogP contribution in [0.2, 0.25) is 0 Å². The van der Waals surface area contributed by atoms with E-state index in [0.29, 0.717) is 12.1 Å². The lowest BCUT2D eigenvalue weighted by Gasteiger charge is -2.23. The van der Waals surface area contributed by atoms with E-state index in [1.54, 1.807) is 0 Å². The predicted molar refractivity (Wildman–Crippen MR) is 90.5 cm³/mol. The Bertz CT molecular complexity index is 447. The highest BCUT2D eigenvalue weighted by atomic mass is 79.9. The molecule has 1 fully saturated rings. The Morgan fingerprint density at radius 3 is 2.75 bits per heavy atom. The van der Waals surface area contributed by atoms with Gasteiger partial charge >= 0.3 is 0 Å². The first-order chi connectivity index (χ1) is 9.52. The molecule has 3 nitrogen and oxygen atoms in total. The third kappa shape index (κ3) is 3.54. The average molecular weight is 340 g/mol. The molecule has 1 saturated heterocycles. The van der Waals surface area contributed by atoms with Crippen LogP contribution in [0.15, 0.2) is 22.7 Å². The van der Waals surface area contributed by atoms with Crippen LogP contribution in [0.4, 0.5) is 5.69 Å². The van der Waals surface area contributed by atoms with Crippen molar-refractivity contribution in [3.8, 4) is 0 Å². The van der Waals surface area contributed by atoms with Crippen molar-refractivity contribution in [2.45, 2.75) is 32.4 Å². The number of halogens is 1. The van der Waals surface area contributed by atoms with E-state index in [4.69, 9.17) is 0 Å². The SMILES string of the molecule is CCNC(C)c1ccc(N2CCC(N(C)C)C2)c(Br)c1. The van der Waals surface area contributed by atoms with Gasteiger partial charge < -0.3 is 15.1 Å². The topological polar surface area (TPSA) is 18.5 Å². The van der Waals surface area contributed by atoms with Gasteiger partial charge in [-0.15, -0.1) is 0 Å². The fourth-order valence-electron chi connectivity index (χ4n) is 2.86. The number of nitrogens with one attached hydrogen (secondary N) is 1. The van der Waals surface area contributed by atoms with Crippen molar-refractivity contribution in [2.75, 3.05) is 38.6 Å². The maximum atomic E-state index is 3.75. The van der Waals surface area contributed by atoms with Gasteiger partial charge in [0.15, 0.2) is 0 Å². The predicted octanol–water partition coefficient (Wildman–Crippen LogP) is 3.26. The van der Waals surface area contributed by atoms with Crippen LogP contribution < -0.4 is 10.2 Å². The second kappa shape index (κ2) is 6.92. The smallest absolute Gasteiger partial charge is 0.0511 e. The molecule has 2 unspecified atom stereocenters. The van der Waals surface area contributed by atoms with E-state index >= 15 is 0 Å². The fraction of sp³-hybridized carbons (Fsp3) is 0.625. The minimum absolute atomic E-state index is 0.401. The van der Waals surface area contributed by atoms with Crippen molar-refractivity contribution in [1.82, 2.24) is 10.2 Å². The highest BCUT2D eigenvalue weighted by Gasteiger charge is 2.25. The van der Waals surface area contributed by atoms with Crippen molar-refractivity contribution >= 4 is 21.6 Å². The number of benzene rings is 1. The molecule has 1 aromatic rings. The first kappa shape index (κ1) is 15.8. The molecule has 2 atom stereocenters. The van der Waals surface area contributed by atoms with Gasteiger partial charge in [0.1, 0.15) is 0 Å². The Morgan fingerprint density at radius 2 is 2.20 bits per heavy atom. The van der Waals surface area contributed by atoms with Crippen LogP contribution in [0.1, 0.15) is 31.9 Å². The largest absolute Gasteiger partial charge is 0.369 e. The highest BCUT2D eigenvalue weighted by molar-refractivity contribution is 9.10. The maximum absolute atomic E-state index is 3.75. The Balaban J connectivity index is 2.10. The minimum atomic E-state index is 0.401. The molecule has 1 aliphatic heterocycles. The van der Waals surface area contributed by atoms with Gasteiger partial charge in [-0.25, -0.2) is 0 Å². The first-order valence-electron chi connectivity index (χ1n) is 7.47. The number of anilines is 1. The van der Waals surface area contributed by atoms with E-state index in [-0.39, 0.29) is 0 Å². The molecule has 0 saturated carbocycles. The summed E-state index contributed by atoms with van der Waals surface area (Å²) < 4.78 is 1.21. The molecular formula is C16H26BrN3. The number of rotatable bonds is 5. The molecular weight excluding hydrogens is 314 g/mol. The van der Waals surface area contributed by atoms with Crippen molar-refractivity contribution < 1.29 is 0 Å². The summed E-state index contributed by atoms with van der Waals surface area (Å²) in [6.07, 6.45) is 1.25. The molecule has 0 spiro atoms. The number of hydrogen-bond donors (Lipinski definition) is 1. The zero-order chi connectivity index (χ0) is 14.7. The van der Waals surface area contributed by atoms with Crippen LogP contribution in [-0.2, 0) is 0 Å². The van der Waals surface area contributed by atoms with E-state index in [9.17, 15) is 0 Å². The fourth-order valence-corrected chi connectivity index (χ4v) is 3.50. The minimum Gasteiger partial charge on any atom is -0.369 e. The summed E-state index contributed by atoms with van der Waals surface area (Å²) in [7, 11) is 4.34. The van der Waals surface area contributed by atoms with E-state index < -0.39 is 0 Å². The molecule has 0 radical (unpaired) electrons. The molecule has 0 bridgehead atoms. The molecule has 1 aliphatic rings. The van der Waals surface area contributed by atoms with Gasteiger partial charge in [0.25, 0.3) is 0 Å². The van der Waals surface area contributed by atoms with Crippen molar-refractivity contribution in [2.24, 2.45) is 0 Å². The van der Waals surface area contributed by atoms with Gasteiger partial charge in [-0.3, -0.25) is 0 Å². The normalized spacial score (nSPS) is 20.7. The summed E-state index contributed by atoms with van der Waals surface area (Å²) in [6.45, 7) is 7.61. The Kier molecular flexibility index (Phi) is 5.47. The zero-order valence-electron chi connectivity index (χ0n) is 13.0. The quantitative estimate of drug-likeness (QED) is 0.888. The molecule has 0 amide bonds. The van der Waals surface area contributed by atoms with Crippen molar-refractivity contribution in [3.05, 3.63) is 28.2 Å². The van der Waals surface area contributed by atoms with E-state index in [0.717, 1.165) is 19.6 Å². The van der Waals surface area contributed by atoms with Gasteiger partial charge in [-0.2, -0.15) is 0 Å². The lowest BCUT2D eigenvalue weighted by molar-refractivity contribution is 0.315. The van der Waals surface area contributed by atoms with Gasteiger partial charge in [0, 0.05) is 29.6 Å². The van der Waals surface area contributed by atoms with E-state index in [1.165, 1.54) is 22.1 Å². The second-order valence-corrected chi connectivity index (χ2v) is 6.70. The van der Waals surface area contributed by atoms with Gasteiger partial charge in [0.05, 0.1) is 5.69 Å². The number of nitrogens with zero attached hydrogens (tertiary/aromatic N) is 2. The molecule has 1 aromatic carbocycles. The lowest BCUT2D eigenvalue weighted by Crippen LogP contribution is -2.31. The monoisotopic (exact) mass is 339 g/mol. The summed E-state index contributed by atoms with van der Waals surface area (Å²) in [5, 5.41) is 3.46. The van der Waals surface area contributed by atoms with Crippen LogP contribution in [0.3, 0.4) is 0 Å². The Labute approximate surface area is 131 Å². The van der Waals surface area contributed by atoms with E-state index in [1.807, 2.05) is 0 Å². The summed E-state index contributed by atoms with van der Waals surface area (Å²) >= 11 is 3.75. The standard InChI is InChI=1S/C16H26BrN3/c1-5-18-12(2)13-6-7-16(15(17)10-13)20-9-8-14(11-20)19(3)4/h6-7,10,12,14,18H,5,8-9,11H2,1-4H3. The molecule has 0 aliphatic carbocycles. The second-order valence-electron chi connectivity index (χ2n) is 5.84. The molecule has 2 rings (SSSR count). The maximum Gasteiger partial charge on any atom is 0.0511 e. The lowest BCUT2D eigenvalue weighted by atomic mass is 10.1. The van der Waals surface area contributed by atoms with E-state index in [2.05, 4.69) is 77.2 Å². The van der Waals surface area contributed by atoms with Crippen LogP contribution in [0.5, 0.6) is 0 Å². The van der Waals surface area contributed by atoms with Gasteiger partial charge in [-0.1, -0.05) is 13.0 Å².